The molecular formula is C16H24N4O2. The van der Waals surface area contributed by atoms with E-state index in [9.17, 15) is 9.59 Å². The molecule has 2 amide bonds. The average molecular weight is 304 g/mol. The lowest BCUT2D eigenvalue weighted by Crippen LogP contribution is -2.61. The Morgan fingerprint density at radius 1 is 0.955 bits per heavy atom. The van der Waals surface area contributed by atoms with Crippen molar-refractivity contribution in [3.63, 3.8) is 0 Å². The molecule has 120 valence electrons. The second kappa shape index (κ2) is 5.76. The van der Waals surface area contributed by atoms with Crippen molar-refractivity contribution >= 4 is 11.8 Å². The number of carbonyl (C=O) groups excluding carboxylic acids is 2. The normalized spacial score (nSPS) is 42.0. The summed E-state index contributed by atoms with van der Waals surface area (Å²) in [4.78, 5) is 25.5. The second-order valence-electron chi connectivity index (χ2n) is 7.07. The first-order chi connectivity index (χ1) is 10.7. The molecule has 6 heteroatoms. The Hall–Kier alpha value is -1.24. The molecule has 2 saturated heterocycles. The van der Waals surface area contributed by atoms with Gasteiger partial charge in [-0.15, -0.1) is 0 Å². The number of nitrogens with zero attached hydrogens (tertiary/aromatic N) is 1. The summed E-state index contributed by atoms with van der Waals surface area (Å²) in [5.74, 6) is 1.43. The van der Waals surface area contributed by atoms with E-state index < -0.39 is 0 Å². The predicted octanol–water partition coefficient (Wildman–Crippen LogP) is -0.218. The van der Waals surface area contributed by atoms with Gasteiger partial charge in [-0.05, 0) is 43.6 Å². The van der Waals surface area contributed by atoms with E-state index in [0.29, 0.717) is 23.8 Å². The van der Waals surface area contributed by atoms with Gasteiger partial charge in [-0.25, -0.2) is 0 Å². The number of imide groups is 1. The van der Waals surface area contributed by atoms with Crippen molar-refractivity contribution in [1.29, 1.82) is 0 Å². The minimum atomic E-state index is -0.118. The number of rotatable bonds is 2. The van der Waals surface area contributed by atoms with Gasteiger partial charge in [-0.2, -0.15) is 0 Å². The fourth-order valence-electron chi connectivity index (χ4n) is 4.86. The van der Waals surface area contributed by atoms with Crippen molar-refractivity contribution in [3.05, 3.63) is 12.2 Å². The topological polar surface area (TPSA) is 73.5 Å². The molecule has 3 fully saturated rings. The Labute approximate surface area is 130 Å². The Balaban J connectivity index is 1.47. The maximum Gasteiger partial charge on any atom is 0.253 e. The lowest BCUT2D eigenvalue weighted by atomic mass is 9.75. The van der Waals surface area contributed by atoms with Gasteiger partial charge >= 0.3 is 0 Å². The number of fused-ring (bicyclic) bond motifs is 1. The smallest absolute Gasteiger partial charge is 0.253 e. The molecule has 5 atom stereocenters. The predicted molar refractivity (Wildman–Crippen MR) is 81.5 cm³/mol. The monoisotopic (exact) mass is 304 g/mol. The van der Waals surface area contributed by atoms with E-state index in [1.807, 2.05) is 0 Å². The number of hydrazine groups is 1. The van der Waals surface area contributed by atoms with E-state index in [0.717, 1.165) is 38.9 Å². The Morgan fingerprint density at radius 3 is 2.55 bits per heavy atom. The van der Waals surface area contributed by atoms with E-state index in [1.54, 1.807) is 0 Å². The lowest BCUT2D eigenvalue weighted by molar-refractivity contribution is -0.140. The van der Waals surface area contributed by atoms with Crippen LogP contribution >= 0.6 is 0 Å². The van der Waals surface area contributed by atoms with Crippen LogP contribution in [0.5, 0.6) is 0 Å². The van der Waals surface area contributed by atoms with E-state index >= 15 is 0 Å². The summed E-state index contributed by atoms with van der Waals surface area (Å²) in [5.41, 5.74) is 6.47. The van der Waals surface area contributed by atoms with Crippen molar-refractivity contribution < 1.29 is 9.59 Å². The highest BCUT2D eigenvalue weighted by Crippen LogP contribution is 2.40. The molecule has 0 aromatic carbocycles. The molecule has 0 aromatic rings. The van der Waals surface area contributed by atoms with Crippen molar-refractivity contribution in [2.45, 2.75) is 37.8 Å². The third-order valence-electron chi connectivity index (χ3n) is 5.94. The molecule has 1 aliphatic carbocycles. The van der Waals surface area contributed by atoms with Gasteiger partial charge in [0.05, 0.1) is 0 Å². The number of amides is 2. The first-order valence-electron chi connectivity index (χ1n) is 8.48. The van der Waals surface area contributed by atoms with Gasteiger partial charge in [0.15, 0.2) is 0 Å². The molecule has 0 spiro atoms. The third-order valence-corrected chi connectivity index (χ3v) is 5.94. The van der Waals surface area contributed by atoms with Gasteiger partial charge in [0.1, 0.15) is 0 Å². The summed E-state index contributed by atoms with van der Waals surface area (Å²) in [6, 6.07) is 0.655. The van der Waals surface area contributed by atoms with Crippen LogP contribution in [-0.2, 0) is 9.59 Å². The van der Waals surface area contributed by atoms with E-state index in [2.05, 4.69) is 16.2 Å². The van der Waals surface area contributed by atoms with Gasteiger partial charge < -0.3 is 5.32 Å². The molecule has 0 radical (unpaired) electrons. The number of piperidine rings is 1. The van der Waals surface area contributed by atoms with Crippen LogP contribution in [0, 0.1) is 17.8 Å². The summed E-state index contributed by atoms with van der Waals surface area (Å²) in [7, 11) is 0. The minimum Gasteiger partial charge on any atom is -0.312 e. The fourth-order valence-corrected chi connectivity index (χ4v) is 4.86. The van der Waals surface area contributed by atoms with Crippen LogP contribution < -0.4 is 16.2 Å². The quantitative estimate of drug-likeness (QED) is 0.615. The van der Waals surface area contributed by atoms with Crippen LogP contribution in [-0.4, -0.2) is 48.4 Å². The first kappa shape index (κ1) is 14.4. The van der Waals surface area contributed by atoms with E-state index in [-0.39, 0.29) is 17.9 Å². The summed E-state index contributed by atoms with van der Waals surface area (Å²) in [6.07, 6.45) is 7.26. The van der Waals surface area contributed by atoms with Crippen LogP contribution in [0.4, 0.5) is 0 Å². The van der Waals surface area contributed by atoms with Gasteiger partial charge in [0, 0.05) is 37.3 Å². The highest BCUT2D eigenvalue weighted by molar-refractivity contribution is 6.13. The molecule has 22 heavy (non-hydrogen) atoms. The zero-order chi connectivity index (χ0) is 15.1. The van der Waals surface area contributed by atoms with Crippen LogP contribution in [0.3, 0.4) is 0 Å². The third kappa shape index (κ3) is 2.39. The zero-order valence-electron chi connectivity index (χ0n) is 12.8. The molecule has 6 nitrogen and oxygen atoms in total. The van der Waals surface area contributed by atoms with Crippen LogP contribution in [0.1, 0.15) is 25.7 Å². The average Bonchev–Trinajstić information content (AvgIpc) is 3.13. The number of carbonyl (C=O) groups is 2. The zero-order valence-corrected chi connectivity index (χ0v) is 12.8. The number of hydrogen-bond acceptors (Lipinski definition) is 5. The van der Waals surface area contributed by atoms with Crippen LogP contribution in [0.15, 0.2) is 12.2 Å². The van der Waals surface area contributed by atoms with Gasteiger partial charge in [-0.3, -0.25) is 25.3 Å². The Bertz CT molecular complexity index is 488. The van der Waals surface area contributed by atoms with Crippen molar-refractivity contribution in [2.24, 2.45) is 17.8 Å². The first-order valence-corrected chi connectivity index (χ1v) is 8.48. The van der Waals surface area contributed by atoms with Crippen molar-refractivity contribution in [2.75, 3.05) is 19.6 Å². The van der Waals surface area contributed by atoms with Crippen LogP contribution in [0.25, 0.3) is 0 Å². The van der Waals surface area contributed by atoms with E-state index in [4.69, 9.17) is 0 Å². The molecule has 4 rings (SSSR count). The highest BCUT2D eigenvalue weighted by Gasteiger charge is 2.44. The largest absolute Gasteiger partial charge is 0.312 e. The Kier molecular flexibility index (Phi) is 3.76. The summed E-state index contributed by atoms with van der Waals surface area (Å²) < 4.78 is 0. The highest BCUT2D eigenvalue weighted by atomic mass is 16.2. The number of nitrogens with one attached hydrogen (secondary N) is 3. The standard InChI is InChI=1S/C16H24N4O2/c21-15-4-5-16(22)20(15)14-3-1-2-12(14)10-6-11-8-18-19-9-13(11)17-7-10/h4-5,10-14,17-19H,1-3,6-9H2. The molecular weight excluding hydrogens is 280 g/mol. The molecule has 3 heterocycles. The van der Waals surface area contributed by atoms with Gasteiger partial charge in [-0.1, -0.05) is 6.42 Å². The van der Waals surface area contributed by atoms with Gasteiger partial charge in [0.25, 0.3) is 11.8 Å². The lowest BCUT2D eigenvalue weighted by Gasteiger charge is -2.44. The van der Waals surface area contributed by atoms with Gasteiger partial charge in [0.2, 0.25) is 0 Å². The molecule has 3 aliphatic heterocycles. The number of hydrogen-bond donors (Lipinski definition) is 3. The maximum absolute atomic E-state index is 12.0. The van der Waals surface area contributed by atoms with Crippen molar-refractivity contribution in [3.8, 4) is 0 Å². The minimum absolute atomic E-state index is 0.105. The second-order valence-corrected chi connectivity index (χ2v) is 7.07. The molecule has 1 saturated carbocycles. The summed E-state index contributed by atoms with van der Waals surface area (Å²) in [5, 5.41) is 3.68. The molecule has 0 aromatic heterocycles. The fraction of sp³-hybridized carbons (Fsp3) is 0.750. The maximum atomic E-state index is 12.0. The molecule has 4 aliphatic rings. The van der Waals surface area contributed by atoms with Crippen molar-refractivity contribution in [1.82, 2.24) is 21.1 Å². The summed E-state index contributed by atoms with van der Waals surface area (Å²) in [6.45, 7) is 2.97. The molecule has 3 N–H and O–H groups in total. The summed E-state index contributed by atoms with van der Waals surface area (Å²) >= 11 is 0. The Morgan fingerprint density at radius 2 is 1.73 bits per heavy atom. The molecule has 0 bridgehead atoms. The SMILES string of the molecule is O=C1C=CC(=O)N1C1CCCC1C1CNC2CNNCC2C1. The molecule has 5 unspecified atom stereocenters. The van der Waals surface area contributed by atoms with Crippen LogP contribution in [0.2, 0.25) is 0 Å². The van der Waals surface area contributed by atoms with E-state index in [1.165, 1.54) is 23.5 Å².